The molecule has 1 fully saturated rings. The predicted molar refractivity (Wildman–Crippen MR) is 275 cm³/mol. The molecule has 0 aromatic heterocycles. The van der Waals surface area contributed by atoms with Crippen LogP contribution in [-0.4, -0.2) is 217 Å². The quantitative estimate of drug-likeness (QED) is 0.0370. The highest BCUT2D eigenvalue weighted by Gasteiger charge is 2.29. The maximum atomic E-state index is 13.1. The van der Waals surface area contributed by atoms with Gasteiger partial charge in [0.2, 0.25) is 5.91 Å². The number of hydrogen-bond donors (Lipinski definition) is 12. The first-order valence-corrected chi connectivity index (χ1v) is 25.1. The van der Waals surface area contributed by atoms with Crippen molar-refractivity contribution in [1.29, 1.82) is 0 Å². The number of urea groups is 1. The van der Waals surface area contributed by atoms with E-state index < -0.39 is 84.7 Å². The standard InChI is InChI=1S/C49H71N9O16S/c59-40(17-15-38(46(70)71)53-48(74)54-39(47(72)73)16-18-41(60)61)51-36(26-33-8-4-3-5-9-33)10-6-1-2-7-19-50-49(75)52-35-13-11-34(12-14-35)27-37-28-57(31-44(66)67)23-22-55(29-42(62)63)20-21-56(30-43(64)65)24-25-58(37)32-45(68)69/h3-5,8-9,11-14,36-39H,1-2,6-7,10,15-32H2,(H,51,59)(H,60,61)(H,62,63)(H,64,65)(H,66,67)(H,68,69)(H,70,71)(H,72,73)(H2,50,52,75)(H2,53,54,74)/t36-,37?,38+,39+/m1/s1. The van der Waals surface area contributed by atoms with Crippen LogP contribution in [0.15, 0.2) is 54.6 Å². The summed E-state index contributed by atoms with van der Waals surface area (Å²) in [5, 5.41) is 80.5. The number of unbranched alkanes of at least 4 members (excludes halogenated alkanes) is 3. The van der Waals surface area contributed by atoms with E-state index in [0.717, 1.165) is 36.8 Å². The van der Waals surface area contributed by atoms with Crippen molar-refractivity contribution in [3.63, 3.8) is 0 Å². The molecule has 1 aliphatic rings. The van der Waals surface area contributed by atoms with Crippen molar-refractivity contribution >= 4 is 76.7 Å². The van der Waals surface area contributed by atoms with E-state index in [2.05, 4.69) is 26.6 Å². The lowest BCUT2D eigenvalue weighted by Gasteiger charge is -2.37. The van der Waals surface area contributed by atoms with Crippen LogP contribution in [0.5, 0.6) is 0 Å². The summed E-state index contributed by atoms with van der Waals surface area (Å²) >= 11 is 5.54. The molecule has 1 heterocycles. The first-order chi connectivity index (χ1) is 35.6. The van der Waals surface area contributed by atoms with Gasteiger partial charge in [0.05, 0.1) is 26.2 Å². The monoisotopic (exact) mass is 1070 g/mol. The summed E-state index contributed by atoms with van der Waals surface area (Å²) in [5.74, 6) is -9.01. The third kappa shape index (κ3) is 27.2. The minimum atomic E-state index is -1.57. The highest BCUT2D eigenvalue weighted by atomic mass is 32.1. The molecule has 4 atom stereocenters. The molecule has 26 heteroatoms. The smallest absolute Gasteiger partial charge is 0.326 e. The number of carbonyl (C=O) groups is 9. The average molecular weight is 1070 g/mol. The third-order valence-electron chi connectivity index (χ3n) is 12.2. The molecule has 2 aromatic carbocycles. The molecule has 0 spiro atoms. The van der Waals surface area contributed by atoms with Gasteiger partial charge < -0.3 is 62.3 Å². The molecule has 75 heavy (non-hydrogen) atoms. The summed E-state index contributed by atoms with van der Waals surface area (Å²) in [5.41, 5.74) is 2.48. The minimum absolute atomic E-state index is 0.139. The molecule has 414 valence electrons. The van der Waals surface area contributed by atoms with Crippen molar-refractivity contribution in [2.24, 2.45) is 0 Å². The van der Waals surface area contributed by atoms with Gasteiger partial charge in [-0.15, -0.1) is 0 Å². The maximum Gasteiger partial charge on any atom is 0.326 e. The van der Waals surface area contributed by atoms with E-state index in [1.165, 1.54) is 0 Å². The molecule has 1 unspecified atom stereocenters. The minimum Gasteiger partial charge on any atom is -0.481 e. The number of aliphatic carboxylic acids is 7. The second-order valence-electron chi connectivity index (χ2n) is 18.3. The van der Waals surface area contributed by atoms with Crippen molar-refractivity contribution in [3.05, 3.63) is 65.7 Å². The molecule has 12 N–H and O–H groups in total. The third-order valence-corrected chi connectivity index (χ3v) is 12.5. The molecule has 0 bridgehead atoms. The number of carboxylic acids is 7. The number of nitrogens with one attached hydrogen (secondary N) is 5. The van der Waals surface area contributed by atoms with E-state index in [1.807, 2.05) is 54.6 Å². The number of thiocarbonyl (C=S) groups is 1. The molecular formula is C49H71N9O16S. The van der Waals surface area contributed by atoms with Crippen molar-refractivity contribution in [2.75, 3.05) is 83.9 Å². The number of carboxylic acid groups (broad SMARTS) is 7. The van der Waals surface area contributed by atoms with Gasteiger partial charge in [-0.1, -0.05) is 61.7 Å². The fourth-order valence-electron chi connectivity index (χ4n) is 8.44. The summed E-state index contributed by atoms with van der Waals surface area (Å²) in [7, 11) is 0. The van der Waals surface area contributed by atoms with Crippen LogP contribution in [0.2, 0.25) is 0 Å². The molecule has 25 nitrogen and oxygen atoms in total. The Morgan fingerprint density at radius 2 is 1.07 bits per heavy atom. The lowest BCUT2D eigenvalue weighted by Crippen LogP contribution is -2.53. The second kappa shape index (κ2) is 33.7. The van der Waals surface area contributed by atoms with Crippen LogP contribution in [0, 0.1) is 0 Å². The lowest BCUT2D eigenvalue weighted by molar-refractivity contribution is -0.142. The van der Waals surface area contributed by atoms with Crippen LogP contribution in [0.25, 0.3) is 0 Å². The lowest BCUT2D eigenvalue weighted by atomic mass is 9.99. The molecular weight excluding hydrogens is 1000 g/mol. The molecule has 0 aliphatic carbocycles. The van der Waals surface area contributed by atoms with E-state index in [0.29, 0.717) is 36.6 Å². The Morgan fingerprint density at radius 1 is 0.547 bits per heavy atom. The number of carbonyl (C=O) groups excluding carboxylic acids is 2. The van der Waals surface area contributed by atoms with E-state index in [-0.39, 0.29) is 90.9 Å². The topological polar surface area (TPSA) is 368 Å². The van der Waals surface area contributed by atoms with E-state index in [4.69, 9.17) is 17.3 Å². The van der Waals surface area contributed by atoms with Crippen LogP contribution >= 0.6 is 12.2 Å². The first kappa shape index (κ1) is 62.3. The highest BCUT2D eigenvalue weighted by Crippen LogP contribution is 2.17. The van der Waals surface area contributed by atoms with E-state index in [9.17, 15) is 73.8 Å². The summed E-state index contributed by atoms with van der Waals surface area (Å²) in [6.07, 6.45) is 3.16. The van der Waals surface area contributed by atoms with Gasteiger partial charge in [0, 0.05) is 83.0 Å². The van der Waals surface area contributed by atoms with Gasteiger partial charge in [-0.2, -0.15) is 0 Å². The summed E-state index contributed by atoms with van der Waals surface area (Å²) in [4.78, 5) is 114. The number of rotatable bonds is 31. The number of amides is 3. The fraction of sp³-hybridized carbons (Fsp3) is 0.551. The van der Waals surface area contributed by atoms with Crippen molar-refractivity contribution < 1.29 is 78.9 Å². The van der Waals surface area contributed by atoms with Crippen LogP contribution in [0.1, 0.15) is 68.9 Å². The van der Waals surface area contributed by atoms with Gasteiger partial charge >= 0.3 is 47.8 Å². The summed E-state index contributed by atoms with van der Waals surface area (Å²) in [6.45, 7) is 0.420. The van der Waals surface area contributed by atoms with Gasteiger partial charge in [0.15, 0.2) is 5.11 Å². The van der Waals surface area contributed by atoms with Gasteiger partial charge in [0.1, 0.15) is 12.1 Å². The Bertz CT molecular complexity index is 2210. The van der Waals surface area contributed by atoms with Gasteiger partial charge in [-0.3, -0.25) is 48.4 Å². The fourth-order valence-corrected chi connectivity index (χ4v) is 8.66. The zero-order chi connectivity index (χ0) is 55.3. The van der Waals surface area contributed by atoms with Crippen molar-refractivity contribution in [3.8, 4) is 0 Å². The Kier molecular flexibility index (Phi) is 28.0. The molecule has 0 radical (unpaired) electrons. The van der Waals surface area contributed by atoms with E-state index in [1.54, 1.807) is 19.6 Å². The first-order valence-electron chi connectivity index (χ1n) is 24.7. The number of anilines is 1. The predicted octanol–water partition coefficient (Wildman–Crippen LogP) is 0.973. The second-order valence-corrected chi connectivity index (χ2v) is 18.7. The molecule has 1 saturated heterocycles. The van der Waals surface area contributed by atoms with Gasteiger partial charge in [0.25, 0.3) is 0 Å². The van der Waals surface area contributed by atoms with Crippen molar-refractivity contribution in [1.82, 2.24) is 40.9 Å². The molecule has 2 aromatic rings. The highest BCUT2D eigenvalue weighted by molar-refractivity contribution is 7.80. The Labute approximate surface area is 439 Å². The van der Waals surface area contributed by atoms with Gasteiger partial charge in [-0.05, 0) is 74.0 Å². The van der Waals surface area contributed by atoms with Crippen LogP contribution in [0.4, 0.5) is 10.5 Å². The molecule has 1 aliphatic heterocycles. The van der Waals surface area contributed by atoms with Crippen LogP contribution in [0.3, 0.4) is 0 Å². The Hall–Kier alpha value is -7.00. The summed E-state index contributed by atoms with van der Waals surface area (Å²) in [6, 6.07) is 11.8. The number of nitrogens with zero attached hydrogens (tertiary/aromatic N) is 4. The molecule has 3 amide bonds. The zero-order valence-electron chi connectivity index (χ0n) is 41.8. The van der Waals surface area contributed by atoms with Crippen LogP contribution < -0.4 is 26.6 Å². The molecule has 3 rings (SSSR count). The SMILES string of the molecule is O=C(O)CC[C@H](NC(=O)N[C@@H](CCC(=O)N[C@H](CCCCCCNC(=S)Nc1ccc(CC2CN(CC(=O)O)CCN(CC(=O)O)CCN(CC(=O)O)CCN2CC(=O)O)cc1)Cc1ccccc1)C(=O)O)C(=O)O. The van der Waals surface area contributed by atoms with Crippen molar-refractivity contribution in [2.45, 2.75) is 94.8 Å². The maximum absolute atomic E-state index is 13.1. The number of hydrogen-bond acceptors (Lipinski definition) is 14. The summed E-state index contributed by atoms with van der Waals surface area (Å²) < 4.78 is 0. The zero-order valence-corrected chi connectivity index (χ0v) is 42.6. The Morgan fingerprint density at radius 3 is 1.61 bits per heavy atom. The Balaban J connectivity index is 1.53. The number of benzene rings is 2. The largest absolute Gasteiger partial charge is 0.481 e. The average Bonchev–Trinajstić information content (AvgIpc) is 3.32. The molecule has 0 saturated carbocycles. The van der Waals surface area contributed by atoms with Gasteiger partial charge in [-0.25, -0.2) is 14.4 Å². The van der Waals surface area contributed by atoms with Crippen LogP contribution in [-0.2, 0) is 51.2 Å². The normalized spacial score (nSPS) is 16.3. The van der Waals surface area contributed by atoms with E-state index >= 15 is 0 Å².